The molecule has 2 atom stereocenters. The van der Waals surface area contributed by atoms with Gasteiger partial charge in [0.05, 0.1) is 13.2 Å². The van der Waals surface area contributed by atoms with Crippen molar-refractivity contribution in [2.45, 2.75) is 52.7 Å². The van der Waals surface area contributed by atoms with Gasteiger partial charge < -0.3 is 19.7 Å². The standard InChI is InChI=1S/C16H28N2O4/c1-15(2,3)22-14(20)17-12-10-11(16(12,4)5)13(19)18-6-8-21-9-7-18/h11-12H,6-10H2,1-5H3,(H,17,20)/t11-,12-/m1/s1. The Balaban J connectivity index is 1.89. The Morgan fingerprint density at radius 3 is 2.32 bits per heavy atom. The summed E-state index contributed by atoms with van der Waals surface area (Å²) in [6.45, 7) is 12.1. The van der Waals surface area contributed by atoms with Gasteiger partial charge in [0, 0.05) is 25.0 Å². The van der Waals surface area contributed by atoms with E-state index in [0.717, 1.165) is 0 Å². The third-order valence-electron chi connectivity index (χ3n) is 4.58. The highest BCUT2D eigenvalue weighted by Gasteiger charge is 2.53. The fourth-order valence-corrected chi connectivity index (χ4v) is 3.04. The summed E-state index contributed by atoms with van der Waals surface area (Å²) in [6.07, 6.45) is 0.255. The van der Waals surface area contributed by atoms with Crippen LogP contribution in [-0.2, 0) is 14.3 Å². The molecule has 22 heavy (non-hydrogen) atoms. The Kier molecular flexibility index (Phi) is 4.70. The number of rotatable bonds is 2. The zero-order chi connectivity index (χ0) is 16.5. The molecule has 1 N–H and O–H groups in total. The van der Waals surface area contributed by atoms with Crippen molar-refractivity contribution in [3.05, 3.63) is 0 Å². The summed E-state index contributed by atoms with van der Waals surface area (Å²) in [7, 11) is 0. The minimum atomic E-state index is -0.513. The minimum Gasteiger partial charge on any atom is -0.444 e. The van der Waals surface area contributed by atoms with Crippen LogP contribution in [0.1, 0.15) is 41.0 Å². The van der Waals surface area contributed by atoms with Crippen molar-refractivity contribution in [2.75, 3.05) is 26.3 Å². The van der Waals surface area contributed by atoms with Crippen LogP contribution in [0.25, 0.3) is 0 Å². The monoisotopic (exact) mass is 312 g/mol. The molecule has 1 saturated carbocycles. The van der Waals surface area contributed by atoms with E-state index >= 15 is 0 Å². The fraction of sp³-hybridized carbons (Fsp3) is 0.875. The van der Waals surface area contributed by atoms with E-state index in [1.54, 1.807) is 0 Å². The second-order valence-corrected chi connectivity index (χ2v) is 7.75. The van der Waals surface area contributed by atoms with Gasteiger partial charge in [0.15, 0.2) is 0 Å². The quantitative estimate of drug-likeness (QED) is 0.844. The van der Waals surface area contributed by atoms with Gasteiger partial charge in [-0.05, 0) is 32.6 Å². The second-order valence-electron chi connectivity index (χ2n) is 7.75. The lowest BCUT2D eigenvalue weighted by atomic mass is 9.58. The van der Waals surface area contributed by atoms with E-state index in [9.17, 15) is 9.59 Å². The van der Waals surface area contributed by atoms with Gasteiger partial charge in [-0.1, -0.05) is 13.8 Å². The number of nitrogens with one attached hydrogen (secondary N) is 1. The molecule has 2 fully saturated rings. The van der Waals surface area contributed by atoms with Crippen LogP contribution in [0.5, 0.6) is 0 Å². The lowest BCUT2D eigenvalue weighted by molar-refractivity contribution is -0.152. The topological polar surface area (TPSA) is 67.9 Å². The molecule has 1 aliphatic carbocycles. The number of morpholine rings is 1. The molecule has 0 unspecified atom stereocenters. The van der Waals surface area contributed by atoms with Crippen LogP contribution in [0.3, 0.4) is 0 Å². The number of nitrogens with zero attached hydrogens (tertiary/aromatic N) is 1. The smallest absolute Gasteiger partial charge is 0.407 e. The Labute approximate surface area is 132 Å². The van der Waals surface area contributed by atoms with Crippen LogP contribution in [0.15, 0.2) is 0 Å². The third kappa shape index (κ3) is 3.72. The lowest BCUT2D eigenvalue weighted by Gasteiger charge is -2.52. The zero-order valence-corrected chi connectivity index (χ0v) is 14.3. The van der Waals surface area contributed by atoms with Crippen molar-refractivity contribution >= 4 is 12.0 Å². The highest BCUT2D eigenvalue weighted by atomic mass is 16.6. The number of ether oxygens (including phenoxy) is 2. The van der Waals surface area contributed by atoms with Crippen LogP contribution in [-0.4, -0.2) is 54.8 Å². The maximum absolute atomic E-state index is 12.6. The summed E-state index contributed by atoms with van der Waals surface area (Å²) in [6, 6.07) is -0.0302. The van der Waals surface area contributed by atoms with Gasteiger partial charge in [0.25, 0.3) is 0 Å². The lowest BCUT2D eigenvalue weighted by Crippen LogP contribution is -2.63. The van der Waals surface area contributed by atoms with E-state index in [-0.39, 0.29) is 23.3 Å². The van der Waals surface area contributed by atoms with Crippen molar-refractivity contribution in [3.63, 3.8) is 0 Å². The van der Waals surface area contributed by atoms with E-state index in [2.05, 4.69) is 5.32 Å². The molecule has 6 heteroatoms. The molecule has 6 nitrogen and oxygen atoms in total. The Morgan fingerprint density at radius 1 is 1.23 bits per heavy atom. The Hall–Kier alpha value is -1.30. The molecular formula is C16H28N2O4. The number of hydrogen-bond acceptors (Lipinski definition) is 4. The average Bonchev–Trinajstić information content (AvgIpc) is 2.41. The van der Waals surface area contributed by atoms with E-state index in [1.807, 2.05) is 39.5 Å². The van der Waals surface area contributed by atoms with Crippen LogP contribution < -0.4 is 5.32 Å². The summed E-state index contributed by atoms with van der Waals surface area (Å²) < 4.78 is 10.6. The van der Waals surface area contributed by atoms with Crippen molar-refractivity contribution in [2.24, 2.45) is 11.3 Å². The van der Waals surface area contributed by atoms with Gasteiger partial charge >= 0.3 is 6.09 Å². The molecule has 1 saturated heterocycles. The summed E-state index contributed by atoms with van der Waals surface area (Å²) in [5.41, 5.74) is -0.771. The Bertz CT molecular complexity index is 436. The number of amides is 2. The van der Waals surface area contributed by atoms with E-state index in [1.165, 1.54) is 0 Å². The maximum Gasteiger partial charge on any atom is 0.407 e. The molecule has 0 spiro atoms. The zero-order valence-electron chi connectivity index (χ0n) is 14.3. The van der Waals surface area contributed by atoms with Crippen LogP contribution in [0, 0.1) is 11.3 Å². The van der Waals surface area contributed by atoms with Crippen LogP contribution in [0.2, 0.25) is 0 Å². The molecule has 0 radical (unpaired) electrons. The highest BCUT2D eigenvalue weighted by molar-refractivity contribution is 5.81. The minimum absolute atomic E-state index is 0.0302. The first-order valence-electron chi connectivity index (χ1n) is 7.97. The van der Waals surface area contributed by atoms with Gasteiger partial charge in [-0.15, -0.1) is 0 Å². The summed E-state index contributed by atoms with van der Waals surface area (Å²) in [5.74, 6) is 0.126. The highest BCUT2D eigenvalue weighted by Crippen LogP contribution is 2.47. The van der Waals surface area contributed by atoms with Crippen molar-refractivity contribution in [3.8, 4) is 0 Å². The van der Waals surface area contributed by atoms with Gasteiger partial charge in [-0.3, -0.25) is 4.79 Å². The summed E-state index contributed by atoms with van der Waals surface area (Å²) in [5, 5.41) is 2.89. The Morgan fingerprint density at radius 2 is 1.82 bits per heavy atom. The van der Waals surface area contributed by atoms with Crippen molar-refractivity contribution < 1.29 is 19.1 Å². The predicted octanol–water partition coefficient (Wildman–Crippen LogP) is 1.78. The van der Waals surface area contributed by atoms with Gasteiger partial charge in [-0.2, -0.15) is 0 Å². The number of carbonyl (C=O) groups excluding carboxylic acids is 2. The maximum atomic E-state index is 12.6. The molecule has 2 rings (SSSR count). The second kappa shape index (κ2) is 6.07. The normalized spacial score (nSPS) is 27.8. The first-order chi connectivity index (χ1) is 10.1. The number of alkyl carbamates (subject to hydrolysis) is 1. The average molecular weight is 312 g/mol. The van der Waals surface area contributed by atoms with Gasteiger partial charge in [0.2, 0.25) is 5.91 Å². The number of hydrogen-bond donors (Lipinski definition) is 1. The molecule has 1 aliphatic heterocycles. The van der Waals surface area contributed by atoms with E-state index < -0.39 is 11.7 Å². The molecule has 0 aromatic heterocycles. The van der Waals surface area contributed by atoms with Gasteiger partial charge in [-0.25, -0.2) is 4.79 Å². The summed E-state index contributed by atoms with van der Waals surface area (Å²) >= 11 is 0. The van der Waals surface area contributed by atoms with Crippen LogP contribution in [0.4, 0.5) is 4.79 Å². The third-order valence-corrected chi connectivity index (χ3v) is 4.58. The fourth-order valence-electron chi connectivity index (χ4n) is 3.04. The van der Waals surface area contributed by atoms with Crippen LogP contribution >= 0.6 is 0 Å². The largest absolute Gasteiger partial charge is 0.444 e. The molecule has 0 bridgehead atoms. The molecule has 2 amide bonds. The first kappa shape index (κ1) is 17.1. The predicted molar refractivity (Wildman–Crippen MR) is 82.4 cm³/mol. The molecule has 2 aliphatic rings. The number of carbonyl (C=O) groups is 2. The molecule has 126 valence electrons. The van der Waals surface area contributed by atoms with Crippen molar-refractivity contribution in [1.82, 2.24) is 10.2 Å². The molecule has 1 heterocycles. The molecule has 0 aromatic rings. The first-order valence-corrected chi connectivity index (χ1v) is 7.97. The SMILES string of the molecule is CC(C)(C)OC(=O)N[C@@H]1C[C@H](C(=O)N2CCOCC2)C1(C)C. The molecular weight excluding hydrogens is 284 g/mol. The van der Waals surface area contributed by atoms with Gasteiger partial charge in [0.1, 0.15) is 5.60 Å². The van der Waals surface area contributed by atoms with E-state index in [0.29, 0.717) is 32.7 Å². The molecule has 0 aromatic carbocycles. The van der Waals surface area contributed by atoms with Crippen molar-refractivity contribution in [1.29, 1.82) is 0 Å². The summed E-state index contributed by atoms with van der Waals surface area (Å²) in [4.78, 5) is 26.3. The van der Waals surface area contributed by atoms with E-state index in [4.69, 9.17) is 9.47 Å².